The van der Waals surface area contributed by atoms with Crippen LogP contribution in [0.2, 0.25) is 0 Å². The van der Waals surface area contributed by atoms with E-state index in [2.05, 4.69) is 71.8 Å². The van der Waals surface area contributed by atoms with Gasteiger partial charge < -0.3 is 10.3 Å². The lowest BCUT2D eigenvalue weighted by Crippen LogP contribution is -2.27. The molecule has 0 aliphatic heterocycles. The van der Waals surface area contributed by atoms with E-state index < -0.39 is 0 Å². The fourth-order valence-electron chi connectivity index (χ4n) is 2.62. The molecule has 2 aromatic carbocycles. The number of nitrogens with one attached hydrogen (secondary N) is 2. The van der Waals surface area contributed by atoms with Gasteiger partial charge in [0.2, 0.25) is 0 Å². The SMILES string of the molecule is CC(Cc1ccccc1)NCc1cccc2cc[nH]c12. The molecule has 0 aliphatic rings. The summed E-state index contributed by atoms with van der Waals surface area (Å²) in [6, 6.07) is 19.7. The monoisotopic (exact) mass is 264 g/mol. The third kappa shape index (κ3) is 2.91. The Morgan fingerprint density at radius 1 is 1.00 bits per heavy atom. The normalized spacial score (nSPS) is 12.7. The molecule has 2 heteroatoms. The molecule has 0 saturated carbocycles. The molecule has 0 radical (unpaired) electrons. The molecule has 0 fully saturated rings. The summed E-state index contributed by atoms with van der Waals surface area (Å²) >= 11 is 0. The summed E-state index contributed by atoms with van der Waals surface area (Å²) in [5.74, 6) is 0. The first-order valence-corrected chi connectivity index (χ1v) is 7.15. The average Bonchev–Trinajstić information content (AvgIpc) is 2.95. The van der Waals surface area contributed by atoms with E-state index in [1.165, 1.54) is 22.0 Å². The molecule has 0 aliphatic carbocycles. The lowest BCUT2D eigenvalue weighted by molar-refractivity contribution is 0.546. The Hall–Kier alpha value is -2.06. The Kier molecular flexibility index (Phi) is 3.84. The van der Waals surface area contributed by atoms with Gasteiger partial charge >= 0.3 is 0 Å². The molecule has 2 nitrogen and oxygen atoms in total. The van der Waals surface area contributed by atoms with Gasteiger partial charge in [-0.05, 0) is 35.9 Å². The molecule has 3 aromatic rings. The zero-order valence-electron chi connectivity index (χ0n) is 11.8. The average molecular weight is 264 g/mol. The predicted octanol–water partition coefficient (Wildman–Crippen LogP) is 3.89. The first-order chi connectivity index (χ1) is 9.83. The van der Waals surface area contributed by atoms with Crippen molar-refractivity contribution in [2.45, 2.75) is 25.9 Å². The molecular formula is C18H20N2. The Balaban J connectivity index is 1.63. The highest BCUT2D eigenvalue weighted by Gasteiger charge is 2.05. The van der Waals surface area contributed by atoms with Crippen molar-refractivity contribution < 1.29 is 0 Å². The lowest BCUT2D eigenvalue weighted by atomic mass is 10.1. The highest BCUT2D eigenvalue weighted by Crippen LogP contribution is 2.16. The number of aromatic nitrogens is 1. The van der Waals surface area contributed by atoms with E-state index in [1.54, 1.807) is 0 Å². The van der Waals surface area contributed by atoms with Crippen molar-refractivity contribution in [2.75, 3.05) is 0 Å². The van der Waals surface area contributed by atoms with Crippen LogP contribution in [0.3, 0.4) is 0 Å². The van der Waals surface area contributed by atoms with Gasteiger partial charge in [0.25, 0.3) is 0 Å². The second-order valence-electron chi connectivity index (χ2n) is 5.33. The smallest absolute Gasteiger partial charge is 0.0499 e. The summed E-state index contributed by atoms with van der Waals surface area (Å²) < 4.78 is 0. The van der Waals surface area contributed by atoms with E-state index in [0.29, 0.717) is 6.04 Å². The van der Waals surface area contributed by atoms with Gasteiger partial charge in [-0.2, -0.15) is 0 Å². The van der Waals surface area contributed by atoms with E-state index in [1.807, 2.05) is 6.20 Å². The van der Waals surface area contributed by atoms with Crippen molar-refractivity contribution in [3.05, 3.63) is 71.9 Å². The van der Waals surface area contributed by atoms with Gasteiger partial charge in [0.1, 0.15) is 0 Å². The summed E-state index contributed by atoms with van der Waals surface area (Å²) in [5, 5.41) is 4.89. The van der Waals surface area contributed by atoms with Crippen LogP contribution in [0, 0.1) is 0 Å². The van der Waals surface area contributed by atoms with Crippen LogP contribution in [0.5, 0.6) is 0 Å². The van der Waals surface area contributed by atoms with Gasteiger partial charge in [-0.1, -0.05) is 48.5 Å². The Morgan fingerprint density at radius 3 is 2.70 bits per heavy atom. The highest BCUT2D eigenvalue weighted by atomic mass is 14.9. The summed E-state index contributed by atoms with van der Waals surface area (Å²) in [6.45, 7) is 3.13. The predicted molar refractivity (Wildman–Crippen MR) is 84.7 cm³/mol. The van der Waals surface area contributed by atoms with Gasteiger partial charge in [0.05, 0.1) is 0 Å². The minimum Gasteiger partial charge on any atom is -0.361 e. The molecule has 1 aromatic heterocycles. The third-order valence-corrected chi connectivity index (χ3v) is 3.70. The van der Waals surface area contributed by atoms with Crippen molar-refractivity contribution in [1.29, 1.82) is 0 Å². The van der Waals surface area contributed by atoms with Crippen LogP contribution < -0.4 is 5.32 Å². The quantitative estimate of drug-likeness (QED) is 0.719. The van der Waals surface area contributed by atoms with Crippen molar-refractivity contribution in [2.24, 2.45) is 0 Å². The number of H-pyrrole nitrogens is 1. The van der Waals surface area contributed by atoms with Crippen LogP contribution >= 0.6 is 0 Å². The molecule has 102 valence electrons. The standard InChI is InChI=1S/C18H20N2/c1-14(12-15-6-3-2-4-7-15)20-13-17-9-5-8-16-10-11-19-18(16)17/h2-11,14,19-20H,12-13H2,1H3. The Morgan fingerprint density at radius 2 is 1.85 bits per heavy atom. The zero-order valence-corrected chi connectivity index (χ0v) is 11.8. The number of para-hydroxylation sites is 1. The van der Waals surface area contributed by atoms with Crippen LogP contribution in [0.4, 0.5) is 0 Å². The van der Waals surface area contributed by atoms with Crippen molar-refractivity contribution in [3.8, 4) is 0 Å². The highest BCUT2D eigenvalue weighted by molar-refractivity contribution is 5.82. The minimum absolute atomic E-state index is 0.461. The van der Waals surface area contributed by atoms with Crippen LogP contribution in [0.25, 0.3) is 10.9 Å². The molecule has 0 amide bonds. The second-order valence-corrected chi connectivity index (χ2v) is 5.33. The summed E-state index contributed by atoms with van der Waals surface area (Å²) in [6.07, 6.45) is 3.06. The molecule has 1 heterocycles. The Labute approximate surface area is 119 Å². The largest absolute Gasteiger partial charge is 0.361 e. The maximum atomic E-state index is 3.61. The van der Waals surface area contributed by atoms with Gasteiger partial charge in [0, 0.05) is 24.3 Å². The topological polar surface area (TPSA) is 27.8 Å². The number of hydrogen-bond acceptors (Lipinski definition) is 1. The fraction of sp³-hybridized carbons (Fsp3) is 0.222. The van der Waals surface area contributed by atoms with Crippen molar-refractivity contribution in [3.63, 3.8) is 0 Å². The van der Waals surface area contributed by atoms with Crippen LogP contribution in [0.15, 0.2) is 60.8 Å². The van der Waals surface area contributed by atoms with Crippen molar-refractivity contribution >= 4 is 10.9 Å². The molecule has 2 N–H and O–H groups in total. The van der Waals surface area contributed by atoms with Crippen LogP contribution in [0.1, 0.15) is 18.1 Å². The van der Waals surface area contributed by atoms with Crippen LogP contribution in [-0.2, 0) is 13.0 Å². The van der Waals surface area contributed by atoms with Crippen LogP contribution in [-0.4, -0.2) is 11.0 Å². The second kappa shape index (κ2) is 5.93. The van der Waals surface area contributed by atoms with Crippen molar-refractivity contribution in [1.82, 2.24) is 10.3 Å². The van der Waals surface area contributed by atoms with Gasteiger partial charge in [-0.3, -0.25) is 0 Å². The summed E-state index contributed by atoms with van der Waals surface area (Å²) in [5.41, 5.74) is 3.95. The minimum atomic E-state index is 0.461. The zero-order chi connectivity index (χ0) is 13.8. The molecular weight excluding hydrogens is 244 g/mol. The molecule has 1 unspecified atom stereocenters. The number of fused-ring (bicyclic) bond motifs is 1. The molecule has 0 bridgehead atoms. The molecule has 0 saturated heterocycles. The van der Waals surface area contributed by atoms with E-state index in [-0.39, 0.29) is 0 Å². The van der Waals surface area contributed by atoms with E-state index >= 15 is 0 Å². The maximum absolute atomic E-state index is 3.61. The third-order valence-electron chi connectivity index (χ3n) is 3.70. The van der Waals surface area contributed by atoms with Gasteiger partial charge in [-0.25, -0.2) is 0 Å². The fourth-order valence-corrected chi connectivity index (χ4v) is 2.62. The molecule has 3 rings (SSSR count). The summed E-state index contributed by atoms with van der Waals surface area (Å²) in [7, 11) is 0. The number of hydrogen-bond donors (Lipinski definition) is 2. The summed E-state index contributed by atoms with van der Waals surface area (Å²) in [4.78, 5) is 3.32. The first-order valence-electron chi connectivity index (χ1n) is 7.15. The van der Waals surface area contributed by atoms with Gasteiger partial charge in [-0.15, -0.1) is 0 Å². The van der Waals surface area contributed by atoms with Gasteiger partial charge in [0.15, 0.2) is 0 Å². The maximum Gasteiger partial charge on any atom is 0.0499 e. The van der Waals surface area contributed by atoms with E-state index in [4.69, 9.17) is 0 Å². The molecule has 0 spiro atoms. The lowest BCUT2D eigenvalue weighted by Gasteiger charge is -2.14. The molecule has 20 heavy (non-hydrogen) atoms. The number of aromatic amines is 1. The first kappa shape index (κ1) is 12.9. The number of benzene rings is 2. The molecule has 1 atom stereocenters. The number of rotatable bonds is 5. The van der Waals surface area contributed by atoms with E-state index in [0.717, 1.165) is 13.0 Å². The van der Waals surface area contributed by atoms with E-state index in [9.17, 15) is 0 Å². The Bertz CT molecular complexity index is 670.